The predicted octanol–water partition coefficient (Wildman–Crippen LogP) is 3.70. The Hall–Kier alpha value is -1.80. The molecule has 3 fully saturated rings. The highest BCUT2D eigenvalue weighted by molar-refractivity contribution is 5.69. The SMILES string of the molecule is CC(C)(C)OC(=O)N1CC2(CC(n3cc(N4OC(C)(C)C(C)(C)O4)cn3)C2)C1. The van der Waals surface area contributed by atoms with Crippen molar-refractivity contribution >= 4 is 11.8 Å². The van der Waals surface area contributed by atoms with Crippen molar-refractivity contribution in [1.82, 2.24) is 14.7 Å². The summed E-state index contributed by atoms with van der Waals surface area (Å²) in [6, 6.07) is 0.346. The van der Waals surface area contributed by atoms with Gasteiger partial charge in [-0.25, -0.2) is 14.5 Å². The Balaban J connectivity index is 1.31. The van der Waals surface area contributed by atoms with E-state index in [1.54, 1.807) is 11.1 Å². The Labute approximate surface area is 166 Å². The lowest BCUT2D eigenvalue weighted by molar-refractivity contribution is -0.0928. The van der Waals surface area contributed by atoms with Crippen LogP contribution in [0.25, 0.3) is 0 Å². The van der Waals surface area contributed by atoms with Gasteiger partial charge in [-0.3, -0.25) is 4.68 Å². The molecule has 1 aromatic rings. The average molecular weight is 393 g/mol. The van der Waals surface area contributed by atoms with E-state index in [9.17, 15) is 4.79 Å². The molecule has 2 saturated heterocycles. The summed E-state index contributed by atoms with van der Waals surface area (Å²) in [7, 11) is 0. The van der Waals surface area contributed by atoms with Gasteiger partial charge in [0, 0.05) is 18.5 Å². The number of carbonyl (C=O) groups is 1. The zero-order valence-corrected chi connectivity index (χ0v) is 18.0. The number of carbonyl (C=O) groups excluding carboxylic acids is 1. The number of rotatable bonds is 2. The average Bonchev–Trinajstić information content (AvgIpc) is 2.97. The highest BCUT2D eigenvalue weighted by atomic mass is 17.0. The van der Waals surface area contributed by atoms with E-state index in [4.69, 9.17) is 14.4 Å². The maximum atomic E-state index is 12.1. The Morgan fingerprint density at radius 3 is 2.25 bits per heavy atom. The molecule has 4 rings (SSSR count). The highest BCUT2D eigenvalue weighted by Crippen LogP contribution is 2.54. The minimum atomic E-state index is -0.448. The summed E-state index contributed by atoms with van der Waals surface area (Å²) in [5, 5.41) is 5.99. The van der Waals surface area contributed by atoms with Gasteiger partial charge in [-0.05, 0) is 61.3 Å². The molecule has 0 bridgehead atoms. The van der Waals surface area contributed by atoms with Gasteiger partial charge in [0.2, 0.25) is 0 Å². The monoisotopic (exact) mass is 392 g/mol. The van der Waals surface area contributed by atoms with Gasteiger partial charge in [-0.15, -0.1) is 5.23 Å². The number of hydrogen-bond acceptors (Lipinski definition) is 6. The number of amides is 1. The van der Waals surface area contributed by atoms with Crippen LogP contribution in [0.1, 0.15) is 67.3 Å². The van der Waals surface area contributed by atoms with Crippen LogP contribution in [0.5, 0.6) is 0 Å². The molecule has 0 aromatic carbocycles. The number of aromatic nitrogens is 2. The molecule has 3 heterocycles. The fraction of sp³-hybridized carbons (Fsp3) is 0.800. The van der Waals surface area contributed by atoms with Crippen LogP contribution in [-0.2, 0) is 14.4 Å². The summed E-state index contributed by atoms with van der Waals surface area (Å²) < 4.78 is 7.43. The van der Waals surface area contributed by atoms with E-state index in [1.165, 1.54) is 5.23 Å². The second-order valence-corrected chi connectivity index (χ2v) is 10.5. The Morgan fingerprint density at radius 2 is 1.71 bits per heavy atom. The predicted molar refractivity (Wildman–Crippen MR) is 104 cm³/mol. The second-order valence-electron chi connectivity index (χ2n) is 10.5. The molecule has 8 heteroatoms. The first-order valence-electron chi connectivity index (χ1n) is 10.00. The molecule has 1 saturated carbocycles. The molecule has 2 aliphatic heterocycles. The van der Waals surface area contributed by atoms with Crippen molar-refractivity contribution < 1.29 is 19.2 Å². The minimum Gasteiger partial charge on any atom is -0.444 e. The van der Waals surface area contributed by atoms with Gasteiger partial charge >= 0.3 is 6.09 Å². The maximum absolute atomic E-state index is 12.1. The van der Waals surface area contributed by atoms with Gasteiger partial charge in [0.1, 0.15) is 22.5 Å². The lowest BCUT2D eigenvalue weighted by Crippen LogP contribution is -2.64. The van der Waals surface area contributed by atoms with Crippen molar-refractivity contribution in [3.05, 3.63) is 12.4 Å². The zero-order chi connectivity index (χ0) is 20.5. The van der Waals surface area contributed by atoms with E-state index in [0.29, 0.717) is 6.04 Å². The Kier molecular flexibility index (Phi) is 4.08. The molecule has 1 amide bonds. The van der Waals surface area contributed by atoms with Crippen molar-refractivity contribution in [2.45, 2.75) is 84.2 Å². The summed E-state index contributed by atoms with van der Waals surface area (Å²) in [6.07, 6.45) is 5.57. The minimum absolute atomic E-state index is 0.212. The molecule has 1 aromatic heterocycles. The first-order chi connectivity index (χ1) is 12.8. The normalized spacial score (nSPS) is 25.5. The standard InChI is InChI=1S/C20H32N4O4/c1-17(2,3)26-16(25)22-12-20(13-22)8-14(9-20)23-11-15(10-21-23)24-27-18(4,5)19(6,7)28-24/h10-11,14H,8-9,12-13H2,1-7H3. The third kappa shape index (κ3) is 3.26. The highest BCUT2D eigenvalue weighted by Gasteiger charge is 2.55. The summed E-state index contributed by atoms with van der Waals surface area (Å²) in [6.45, 7) is 15.3. The third-order valence-corrected chi connectivity index (χ3v) is 6.29. The van der Waals surface area contributed by atoms with Crippen LogP contribution in [0.2, 0.25) is 0 Å². The third-order valence-electron chi connectivity index (χ3n) is 6.29. The molecular formula is C20H32N4O4. The summed E-state index contributed by atoms with van der Waals surface area (Å²) in [4.78, 5) is 25.8. The first-order valence-corrected chi connectivity index (χ1v) is 10.00. The van der Waals surface area contributed by atoms with Crippen molar-refractivity contribution in [3.8, 4) is 0 Å². The van der Waals surface area contributed by atoms with Crippen molar-refractivity contribution in [3.63, 3.8) is 0 Å². The van der Waals surface area contributed by atoms with E-state index in [-0.39, 0.29) is 11.5 Å². The summed E-state index contributed by atoms with van der Waals surface area (Å²) in [5.74, 6) is 0. The van der Waals surface area contributed by atoms with Gasteiger partial charge in [-0.1, -0.05) is 0 Å². The quantitative estimate of drug-likeness (QED) is 0.764. The Morgan fingerprint density at radius 1 is 1.14 bits per heavy atom. The molecule has 28 heavy (non-hydrogen) atoms. The number of anilines is 1. The van der Waals surface area contributed by atoms with Crippen LogP contribution in [0.15, 0.2) is 12.4 Å². The van der Waals surface area contributed by atoms with Crippen LogP contribution in [0.4, 0.5) is 10.5 Å². The largest absolute Gasteiger partial charge is 0.444 e. The van der Waals surface area contributed by atoms with E-state index in [2.05, 4.69) is 5.10 Å². The number of likely N-dealkylation sites (tertiary alicyclic amines) is 1. The van der Waals surface area contributed by atoms with Gasteiger partial charge in [-0.2, -0.15) is 5.10 Å². The fourth-order valence-corrected chi connectivity index (χ4v) is 3.98. The molecule has 1 spiro atoms. The Bertz CT molecular complexity index is 749. The molecule has 3 aliphatic rings. The van der Waals surface area contributed by atoms with E-state index in [1.807, 2.05) is 59.3 Å². The molecule has 1 aliphatic carbocycles. The van der Waals surface area contributed by atoms with Crippen molar-refractivity contribution in [2.75, 3.05) is 18.3 Å². The number of hydrogen-bond donors (Lipinski definition) is 0. The van der Waals surface area contributed by atoms with Gasteiger partial charge in [0.25, 0.3) is 0 Å². The topological polar surface area (TPSA) is 69.1 Å². The molecular weight excluding hydrogens is 360 g/mol. The molecule has 0 atom stereocenters. The van der Waals surface area contributed by atoms with Crippen LogP contribution < -0.4 is 5.23 Å². The van der Waals surface area contributed by atoms with Crippen LogP contribution in [-0.4, -0.2) is 50.7 Å². The van der Waals surface area contributed by atoms with E-state index in [0.717, 1.165) is 31.6 Å². The van der Waals surface area contributed by atoms with Crippen molar-refractivity contribution in [2.24, 2.45) is 5.41 Å². The van der Waals surface area contributed by atoms with Crippen LogP contribution in [0.3, 0.4) is 0 Å². The first kappa shape index (κ1) is 19.5. The van der Waals surface area contributed by atoms with Crippen molar-refractivity contribution in [1.29, 1.82) is 0 Å². The van der Waals surface area contributed by atoms with Crippen LogP contribution >= 0.6 is 0 Å². The van der Waals surface area contributed by atoms with Gasteiger partial charge in [0.05, 0.1) is 18.4 Å². The fourth-order valence-electron chi connectivity index (χ4n) is 3.98. The smallest absolute Gasteiger partial charge is 0.410 e. The lowest BCUT2D eigenvalue weighted by atomic mass is 9.61. The molecule has 0 N–H and O–H groups in total. The van der Waals surface area contributed by atoms with Crippen LogP contribution in [0, 0.1) is 5.41 Å². The number of nitrogens with zero attached hydrogens (tertiary/aromatic N) is 4. The van der Waals surface area contributed by atoms with Gasteiger partial charge in [0.15, 0.2) is 0 Å². The zero-order valence-electron chi connectivity index (χ0n) is 18.0. The second kappa shape index (κ2) is 5.86. The lowest BCUT2D eigenvalue weighted by Gasteiger charge is -2.58. The van der Waals surface area contributed by atoms with E-state index >= 15 is 0 Å². The summed E-state index contributed by atoms with van der Waals surface area (Å²) in [5.41, 5.74) is -0.280. The van der Waals surface area contributed by atoms with E-state index < -0.39 is 16.8 Å². The molecule has 156 valence electrons. The molecule has 0 unspecified atom stereocenters. The molecule has 0 radical (unpaired) electrons. The summed E-state index contributed by atoms with van der Waals surface area (Å²) >= 11 is 0. The number of ether oxygens (including phenoxy) is 1. The van der Waals surface area contributed by atoms with Gasteiger partial charge < -0.3 is 9.64 Å². The maximum Gasteiger partial charge on any atom is 0.410 e. The molecule has 8 nitrogen and oxygen atoms in total.